The first-order valence-corrected chi connectivity index (χ1v) is 23.2. The van der Waals surface area contributed by atoms with Crippen LogP contribution in [0.15, 0.2) is 122 Å². The normalized spacial score (nSPS) is 11.4. The quantitative estimate of drug-likeness (QED) is 0.0860. The molecule has 282 valence electrons. The van der Waals surface area contributed by atoms with E-state index in [9.17, 15) is 0 Å². The molecule has 4 nitrogen and oxygen atoms in total. The summed E-state index contributed by atoms with van der Waals surface area (Å²) in [6, 6.07) is 38.8. The summed E-state index contributed by atoms with van der Waals surface area (Å²) in [5.41, 5.74) is 9.58. The lowest BCUT2D eigenvalue weighted by atomic mass is 10.0. The molecule has 56 heavy (non-hydrogen) atoms. The third-order valence-electron chi connectivity index (χ3n) is 10.0. The smallest absolute Gasteiger partial charge is 0.152 e. The number of benzene rings is 4. The van der Waals surface area contributed by atoms with Gasteiger partial charge in [-0.25, -0.2) is 19.9 Å². The molecule has 8 aromatic rings. The van der Waals surface area contributed by atoms with Gasteiger partial charge in [-0.05, 0) is 47.9 Å². The van der Waals surface area contributed by atoms with Gasteiger partial charge in [-0.1, -0.05) is 162 Å². The monoisotopic (exact) mass is 806 g/mol. The summed E-state index contributed by atoms with van der Waals surface area (Å²) < 4.78 is 0. The van der Waals surface area contributed by atoms with Gasteiger partial charge in [0.2, 0.25) is 0 Å². The molecule has 0 fully saturated rings. The molecule has 0 amide bonds. The number of hydrogen-bond donors (Lipinski definition) is 0. The van der Waals surface area contributed by atoms with Gasteiger partial charge in [0.1, 0.15) is 10.0 Å². The fourth-order valence-corrected chi connectivity index (χ4v) is 11.3. The molecule has 0 saturated carbocycles. The fraction of sp³-hybridized carbons (Fsp3) is 0.250. The lowest BCUT2D eigenvalue weighted by Crippen LogP contribution is -1.89. The number of aryl methyl sites for hydroxylation is 2. The molecule has 4 aromatic heterocycles. The number of unbranched alkanes of at least 4 members (excludes halogenated alkanes) is 6. The van der Waals surface area contributed by atoms with Gasteiger partial charge >= 0.3 is 0 Å². The zero-order valence-corrected chi connectivity index (χ0v) is 35.3. The molecule has 8 rings (SSSR count). The van der Waals surface area contributed by atoms with E-state index in [2.05, 4.69) is 123 Å². The molecular formula is C48H46N4S4. The number of nitrogens with zero attached hydrogens (tertiary/aromatic N) is 4. The molecule has 0 unspecified atom stereocenters. The summed E-state index contributed by atoms with van der Waals surface area (Å²) in [6.07, 6.45) is 15.7. The highest BCUT2D eigenvalue weighted by molar-refractivity contribution is 7.28. The van der Waals surface area contributed by atoms with Crippen LogP contribution in [0.25, 0.3) is 72.9 Å². The molecule has 4 heterocycles. The van der Waals surface area contributed by atoms with Crippen LogP contribution in [0.4, 0.5) is 0 Å². The second-order valence-corrected chi connectivity index (χ2v) is 18.2. The topological polar surface area (TPSA) is 51.6 Å². The van der Waals surface area contributed by atoms with Gasteiger partial charge in [-0.15, -0.1) is 45.3 Å². The minimum Gasteiger partial charge on any atom is -0.241 e. The van der Waals surface area contributed by atoms with Crippen molar-refractivity contribution in [3.05, 3.63) is 133 Å². The molecule has 0 aliphatic heterocycles. The SMILES string of the molecule is CCCCCCc1nc(-c2ccc(-c3ccccc3)cc2)sc1-c1cnc(-c2ncc(-c3sc(-c4ccc(-c5ccccc5)cc4)nc3CCCCCC)s2)s1. The van der Waals surface area contributed by atoms with Crippen LogP contribution in [0.5, 0.6) is 0 Å². The summed E-state index contributed by atoms with van der Waals surface area (Å²) in [7, 11) is 0. The van der Waals surface area contributed by atoms with Gasteiger partial charge in [0.25, 0.3) is 0 Å². The maximum atomic E-state index is 5.25. The van der Waals surface area contributed by atoms with E-state index >= 15 is 0 Å². The van der Waals surface area contributed by atoms with E-state index in [4.69, 9.17) is 19.9 Å². The molecule has 0 N–H and O–H groups in total. The second-order valence-electron chi connectivity index (χ2n) is 14.2. The van der Waals surface area contributed by atoms with Crippen LogP contribution in [0.2, 0.25) is 0 Å². The predicted octanol–water partition coefficient (Wildman–Crippen LogP) is 15.4. The number of hydrogen-bond acceptors (Lipinski definition) is 8. The van der Waals surface area contributed by atoms with E-state index in [1.54, 1.807) is 45.3 Å². The maximum Gasteiger partial charge on any atom is 0.152 e. The molecule has 4 aromatic carbocycles. The van der Waals surface area contributed by atoms with Crippen LogP contribution in [0, 0.1) is 0 Å². The Bertz CT molecular complexity index is 2270. The van der Waals surface area contributed by atoms with Gasteiger partial charge in [0.15, 0.2) is 10.0 Å². The Morgan fingerprint density at radius 1 is 0.375 bits per heavy atom. The van der Waals surface area contributed by atoms with Crippen molar-refractivity contribution in [2.45, 2.75) is 78.1 Å². The highest BCUT2D eigenvalue weighted by Gasteiger charge is 2.21. The highest BCUT2D eigenvalue weighted by Crippen LogP contribution is 2.44. The summed E-state index contributed by atoms with van der Waals surface area (Å²) in [6.45, 7) is 4.53. The minimum atomic E-state index is 0.959. The van der Waals surface area contributed by atoms with Crippen LogP contribution < -0.4 is 0 Å². The van der Waals surface area contributed by atoms with Crippen LogP contribution in [-0.2, 0) is 12.8 Å². The van der Waals surface area contributed by atoms with E-state index in [-0.39, 0.29) is 0 Å². The first-order valence-electron chi connectivity index (χ1n) is 19.9. The molecular weight excluding hydrogens is 761 g/mol. The van der Waals surface area contributed by atoms with E-state index < -0.39 is 0 Å². The van der Waals surface area contributed by atoms with Gasteiger partial charge in [-0.3, -0.25) is 0 Å². The Balaban J connectivity index is 1.06. The zero-order chi connectivity index (χ0) is 38.1. The Hall–Kier alpha value is -4.60. The second kappa shape index (κ2) is 18.6. The number of aromatic nitrogens is 4. The lowest BCUT2D eigenvalue weighted by Gasteiger charge is -2.02. The van der Waals surface area contributed by atoms with Gasteiger partial charge in [0, 0.05) is 23.5 Å². The van der Waals surface area contributed by atoms with Crippen molar-refractivity contribution in [1.82, 2.24) is 19.9 Å². The summed E-state index contributed by atoms with van der Waals surface area (Å²) in [5, 5.41) is 4.06. The van der Waals surface area contributed by atoms with E-state index in [1.165, 1.54) is 91.7 Å². The van der Waals surface area contributed by atoms with Gasteiger partial charge < -0.3 is 0 Å². The lowest BCUT2D eigenvalue weighted by molar-refractivity contribution is 0.662. The number of thiazole rings is 4. The molecule has 0 radical (unpaired) electrons. The van der Waals surface area contributed by atoms with E-state index in [0.29, 0.717) is 0 Å². The molecule has 0 atom stereocenters. The van der Waals surface area contributed by atoms with Crippen molar-refractivity contribution in [2.75, 3.05) is 0 Å². The Labute approximate surface area is 347 Å². The first-order chi connectivity index (χ1) is 27.7. The highest BCUT2D eigenvalue weighted by atomic mass is 32.1. The third kappa shape index (κ3) is 9.00. The predicted molar refractivity (Wildman–Crippen MR) is 243 cm³/mol. The van der Waals surface area contributed by atoms with Crippen LogP contribution in [-0.4, -0.2) is 19.9 Å². The summed E-state index contributed by atoms with van der Waals surface area (Å²) in [4.78, 5) is 25.2. The first kappa shape index (κ1) is 38.3. The van der Waals surface area contributed by atoms with Crippen molar-refractivity contribution in [2.24, 2.45) is 0 Å². The molecule has 0 aliphatic carbocycles. The minimum absolute atomic E-state index is 0.959. The van der Waals surface area contributed by atoms with Crippen LogP contribution in [0.3, 0.4) is 0 Å². The van der Waals surface area contributed by atoms with Crippen molar-refractivity contribution < 1.29 is 0 Å². The molecule has 8 heteroatoms. The van der Waals surface area contributed by atoms with Crippen molar-refractivity contribution in [3.8, 4) is 72.9 Å². The third-order valence-corrected chi connectivity index (χ3v) is 14.8. The van der Waals surface area contributed by atoms with Gasteiger partial charge in [0.05, 0.1) is 30.9 Å². The molecule has 0 spiro atoms. The Kier molecular flexibility index (Phi) is 12.7. The average molecular weight is 807 g/mol. The van der Waals surface area contributed by atoms with Crippen LogP contribution >= 0.6 is 45.3 Å². The largest absolute Gasteiger partial charge is 0.241 e. The average Bonchev–Trinajstić information content (AvgIpc) is 4.09. The number of rotatable bonds is 17. The van der Waals surface area contributed by atoms with Gasteiger partial charge in [-0.2, -0.15) is 0 Å². The Morgan fingerprint density at radius 3 is 1.14 bits per heavy atom. The summed E-state index contributed by atoms with van der Waals surface area (Å²) >= 11 is 7.05. The van der Waals surface area contributed by atoms with Crippen molar-refractivity contribution >= 4 is 45.3 Å². The maximum absolute atomic E-state index is 5.25. The van der Waals surface area contributed by atoms with Crippen molar-refractivity contribution in [3.63, 3.8) is 0 Å². The van der Waals surface area contributed by atoms with E-state index in [1.807, 2.05) is 12.4 Å². The molecule has 0 saturated heterocycles. The standard InChI is InChI=1S/C48H46N4S4/c1-3-5-7-15-21-39-43(55-45(51-39)37-27-23-35(24-28-37)33-17-11-9-12-18-33)41-31-49-47(53-41)48-50-32-42(54-48)44-40(22-16-8-6-4-2)52-46(56-44)38-29-25-36(26-30-38)34-19-13-10-14-20-34/h9-14,17-20,23-32H,3-8,15-16,21-22H2,1-2H3. The molecule has 0 aliphatic rings. The summed E-state index contributed by atoms with van der Waals surface area (Å²) in [5.74, 6) is 0. The van der Waals surface area contributed by atoms with Crippen molar-refractivity contribution in [1.29, 1.82) is 0 Å². The zero-order valence-electron chi connectivity index (χ0n) is 32.0. The molecule has 0 bridgehead atoms. The van der Waals surface area contributed by atoms with Crippen LogP contribution in [0.1, 0.15) is 76.6 Å². The fourth-order valence-electron chi connectivity index (χ4n) is 6.94. The van der Waals surface area contributed by atoms with E-state index in [0.717, 1.165) is 56.8 Å². The Morgan fingerprint density at radius 2 is 0.750 bits per heavy atom.